The molecule has 1 saturated carbocycles. The summed E-state index contributed by atoms with van der Waals surface area (Å²) in [6.07, 6.45) is 5.60. The molecule has 100 valence electrons. The maximum Gasteiger partial charge on any atom is 0.233 e. The molecule has 0 bridgehead atoms. The molecule has 1 atom stereocenters. The van der Waals surface area contributed by atoms with Gasteiger partial charge >= 0.3 is 0 Å². The van der Waals surface area contributed by atoms with Crippen molar-refractivity contribution in [2.75, 3.05) is 5.32 Å². The van der Waals surface area contributed by atoms with Gasteiger partial charge in [0.05, 0.1) is 5.92 Å². The van der Waals surface area contributed by atoms with E-state index in [0.29, 0.717) is 5.82 Å². The highest BCUT2D eigenvalue weighted by Gasteiger charge is 2.36. The molecular weight excluding hydrogens is 248 g/mol. The molecule has 1 amide bonds. The van der Waals surface area contributed by atoms with Crippen LogP contribution in [-0.4, -0.2) is 10.9 Å². The molecule has 1 aliphatic rings. The summed E-state index contributed by atoms with van der Waals surface area (Å²) in [5.74, 6) is 0.690. The molecule has 3 nitrogen and oxygen atoms in total. The summed E-state index contributed by atoms with van der Waals surface area (Å²) >= 11 is 0. The summed E-state index contributed by atoms with van der Waals surface area (Å²) in [6.45, 7) is 0. The summed E-state index contributed by atoms with van der Waals surface area (Å²) in [5.41, 5.74) is 2.50. The number of carbonyl (C=O) groups excluding carboxylic acids is 1. The quantitative estimate of drug-likeness (QED) is 0.862. The molecule has 1 aliphatic carbocycles. The number of amides is 1. The molecule has 1 aromatic carbocycles. The van der Waals surface area contributed by atoms with Crippen molar-refractivity contribution < 1.29 is 4.79 Å². The minimum atomic E-state index is 0.0284. The molecule has 20 heavy (non-hydrogen) atoms. The van der Waals surface area contributed by atoms with Crippen LogP contribution in [0.1, 0.15) is 12.0 Å². The van der Waals surface area contributed by atoms with Crippen LogP contribution in [0.15, 0.2) is 66.4 Å². The molecule has 1 fully saturated rings. The van der Waals surface area contributed by atoms with Gasteiger partial charge in [-0.1, -0.05) is 48.0 Å². The summed E-state index contributed by atoms with van der Waals surface area (Å²) in [5, 5.41) is 2.84. The molecule has 1 heterocycles. The van der Waals surface area contributed by atoms with Crippen LogP contribution in [0.5, 0.6) is 0 Å². The highest BCUT2D eigenvalue weighted by Crippen LogP contribution is 2.38. The number of rotatable bonds is 4. The molecule has 2 aromatic rings. The lowest BCUT2D eigenvalue weighted by Gasteiger charge is -2.01. The molecular formula is C17H16N2O. The first-order valence-corrected chi connectivity index (χ1v) is 6.77. The number of allylic oxidation sites excluding steroid dienone is 1. The number of benzene rings is 1. The van der Waals surface area contributed by atoms with E-state index in [1.807, 2.05) is 30.3 Å². The molecule has 0 saturated heterocycles. The third-order valence-electron chi connectivity index (χ3n) is 3.40. The summed E-state index contributed by atoms with van der Waals surface area (Å²) in [6, 6.07) is 15.8. The maximum atomic E-state index is 12.0. The van der Waals surface area contributed by atoms with Gasteiger partial charge in [0.1, 0.15) is 5.82 Å². The van der Waals surface area contributed by atoms with E-state index in [1.165, 1.54) is 11.1 Å². The number of anilines is 1. The zero-order chi connectivity index (χ0) is 13.8. The Bertz CT molecular complexity index is 620. The molecule has 0 spiro atoms. The van der Waals surface area contributed by atoms with Gasteiger partial charge in [-0.25, -0.2) is 4.98 Å². The third kappa shape index (κ3) is 3.12. The minimum absolute atomic E-state index is 0.0284. The maximum absolute atomic E-state index is 12.0. The lowest BCUT2D eigenvalue weighted by atomic mass is 10.1. The van der Waals surface area contributed by atoms with E-state index in [9.17, 15) is 4.79 Å². The van der Waals surface area contributed by atoms with Crippen LogP contribution in [0.2, 0.25) is 0 Å². The van der Waals surface area contributed by atoms with Crippen molar-refractivity contribution in [2.45, 2.75) is 12.8 Å². The Kier molecular flexibility index (Phi) is 3.59. The van der Waals surface area contributed by atoms with Crippen LogP contribution < -0.4 is 5.32 Å². The van der Waals surface area contributed by atoms with E-state index in [0.717, 1.165) is 12.8 Å². The first kappa shape index (κ1) is 12.6. The molecule has 1 aromatic heterocycles. The molecule has 0 aliphatic heterocycles. The molecule has 0 radical (unpaired) electrons. The van der Waals surface area contributed by atoms with Crippen LogP contribution in [0.4, 0.5) is 5.82 Å². The SMILES string of the molecule is O=C(Nc1ccccn1)C1C/C1=C\Cc1ccccc1. The monoisotopic (exact) mass is 264 g/mol. The molecule has 1 N–H and O–H groups in total. The Balaban J connectivity index is 1.55. The van der Waals surface area contributed by atoms with E-state index in [-0.39, 0.29) is 11.8 Å². The van der Waals surface area contributed by atoms with Crippen molar-refractivity contribution in [3.63, 3.8) is 0 Å². The fraction of sp³-hybridized carbons (Fsp3) is 0.176. The van der Waals surface area contributed by atoms with Gasteiger partial charge in [0.25, 0.3) is 0 Å². The second kappa shape index (κ2) is 5.70. The number of aromatic nitrogens is 1. The Hall–Kier alpha value is -2.42. The number of carbonyl (C=O) groups is 1. The van der Waals surface area contributed by atoms with Crippen LogP contribution in [0.25, 0.3) is 0 Å². The van der Waals surface area contributed by atoms with Crippen LogP contribution in [0, 0.1) is 5.92 Å². The van der Waals surface area contributed by atoms with Gasteiger partial charge in [-0.2, -0.15) is 0 Å². The fourth-order valence-electron chi connectivity index (χ4n) is 2.18. The number of hydrogen-bond acceptors (Lipinski definition) is 2. The van der Waals surface area contributed by atoms with Crippen LogP contribution in [-0.2, 0) is 11.2 Å². The van der Waals surface area contributed by atoms with Crippen molar-refractivity contribution in [3.8, 4) is 0 Å². The topological polar surface area (TPSA) is 42.0 Å². The molecule has 3 heteroatoms. The zero-order valence-corrected chi connectivity index (χ0v) is 11.1. The lowest BCUT2D eigenvalue weighted by molar-refractivity contribution is -0.117. The van der Waals surface area contributed by atoms with Gasteiger partial charge in [-0.05, 0) is 30.5 Å². The second-order valence-corrected chi connectivity index (χ2v) is 4.93. The zero-order valence-electron chi connectivity index (χ0n) is 11.1. The largest absolute Gasteiger partial charge is 0.310 e. The van der Waals surface area contributed by atoms with Gasteiger partial charge in [0, 0.05) is 6.20 Å². The van der Waals surface area contributed by atoms with Crippen molar-refractivity contribution >= 4 is 11.7 Å². The Morgan fingerprint density at radius 1 is 1.20 bits per heavy atom. The fourth-order valence-corrected chi connectivity index (χ4v) is 2.18. The average Bonchev–Trinajstić information content (AvgIpc) is 3.27. The molecule has 1 unspecified atom stereocenters. The van der Waals surface area contributed by atoms with Crippen molar-refractivity contribution in [1.29, 1.82) is 0 Å². The first-order chi connectivity index (χ1) is 9.83. The second-order valence-electron chi connectivity index (χ2n) is 4.93. The number of pyridine rings is 1. The lowest BCUT2D eigenvalue weighted by Crippen LogP contribution is -2.14. The first-order valence-electron chi connectivity index (χ1n) is 6.77. The third-order valence-corrected chi connectivity index (χ3v) is 3.40. The average molecular weight is 264 g/mol. The van der Waals surface area contributed by atoms with Crippen molar-refractivity contribution in [3.05, 3.63) is 71.9 Å². The number of nitrogens with one attached hydrogen (secondary N) is 1. The molecule has 3 rings (SSSR count). The Labute approximate surface area is 118 Å². The van der Waals surface area contributed by atoms with Crippen molar-refractivity contribution in [1.82, 2.24) is 4.98 Å². The van der Waals surface area contributed by atoms with E-state index < -0.39 is 0 Å². The number of nitrogens with zero attached hydrogens (tertiary/aromatic N) is 1. The summed E-state index contributed by atoms with van der Waals surface area (Å²) < 4.78 is 0. The van der Waals surface area contributed by atoms with Gasteiger partial charge in [-0.15, -0.1) is 0 Å². The smallest absolute Gasteiger partial charge is 0.233 e. The van der Waals surface area contributed by atoms with Crippen molar-refractivity contribution in [2.24, 2.45) is 5.92 Å². The van der Waals surface area contributed by atoms with Gasteiger partial charge < -0.3 is 5.32 Å². The van der Waals surface area contributed by atoms with E-state index in [1.54, 1.807) is 12.3 Å². The predicted octanol–water partition coefficient (Wildman–Crippen LogP) is 3.21. The highest BCUT2D eigenvalue weighted by atomic mass is 16.2. The predicted molar refractivity (Wildman–Crippen MR) is 79.2 cm³/mol. The minimum Gasteiger partial charge on any atom is -0.310 e. The standard InChI is InChI=1S/C17H16N2O/c20-17(19-16-8-4-5-11-18-16)15-12-14(15)10-9-13-6-2-1-3-7-13/h1-8,10-11,15H,9,12H2,(H,18,19,20)/b14-10+. The van der Waals surface area contributed by atoms with Gasteiger partial charge in [0.15, 0.2) is 0 Å². The van der Waals surface area contributed by atoms with Crippen LogP contribution in [0.3, 0.4) is 0 Å². The van der Waals surface area contributed by atoms with Gasteiger partial charge in [0.2, 0.25) is 5.91 Å². The normalized spacial score (nSPS) is 18.8. The summed E-state index contributed by atoms with van der Waals surface area (Å²) in [4.78, 5) is 16.1. The highest BCUT2D eigenvalue weighted by molar-refractivity contribution is 5.96. The van der Waals surface area contributed by atoms with E-state index in [4.69, 9.17) is 0 Å². The van der Waals surface area contributed by atoms with Crippen LogP contribution >= 0.6 is 0 Å². The Morgan fingerprint density at radius 3 is 2.75 bits per heavy atom. The van der Waals surface area contributed by atoms with Gasteiger partial charge in [-0.3, -0.25) is 4.79 Å². The van der Waals surface area contributed by atoms with E-state index >= 15 is 0 Å². The van der Waals surface area contributed by atoms with E-state index in [2.05, 4.69) is 28.5 Å². The Morgan fingerprint density at radius 2 is 2.00 bits per heavy atom. The number of hydrogen-bond donors (Lipinski definition) is 1. The summed E-state index contributed by atoms with van der Waals surface area (Å²) in [7, 11) is 0.